The number of halogens is 4. The van der Waals surface area contributed by atoms with E-state index in [1.165, 1.54) is 0 Å². The Hall–Kier alpha value is -0.620. The number of rotatable bonds is 2. The van der Waals surface area contributed by atoms with Crippen LogP contribution in [0.15, 0.2) is 12.2 Å². The molecule has 0 spiro atoms. The molecule has 0 aromatic carbocycles. The van der Waals surface area contributed by atoms with Crippen LogP contribution in [0.4, 0.5) is 17.6 Å². The van der Waals surface area contributed by atoms with Gasteiger partial charge in [-0.3, -0.25) is 4.90 Å². The van der Waals surface area contributed by atoms with Crippen molar-refractivity contribution in [1.29, 1.82) is 0 Å². The van der Waals surface area contributed by atoms with Crippen LogP contribution in [-0.2, 0) is 0 Å². The molecule has 0 N–H and O–H groups in total. The quantitative estimate of drug-likeness (QED) is 0.401. The second-order valence-electron chi connectivity index (χ2n) is 3.70. The first-order valence-electron chi connectivity index (χ1n) is 4.65. The SMILES string of the molecule is C=C(C(F)N1CCN(C)CC1)C(F)(F)F. The van der Waals surface area contributed by atoms with Gasteiger partial charge in [-0.1, -0.05) is 6.58 Å². The maximum Gasteiger partial charge on any atom is 0.416 e. The second kappa shape index (κ2) is 4.49. The molecule has 1 aliphatic heterocycles. The van der Waals surface area contributed by atoms with E-state index in [4.69, 9.17) is 0 Å². The third kappa shape index (κ3) is 3.17. The zero-order chi connectivity index (χ0) is 11.6. The van der Waals surface area contributed by atoms with Gasteiger partial charge in [-0.25, -0.2) is 4.39 Å². The first-order chi connectivity index (χ1) is 6.82. The van der Waals surface area contributed by atoms with E-state index < -0.39 is 18.0 Å². The standard InChI is InChI=1S/C9H14F4N2/c1-7(9(11,12)13)8(10)15-5-3-14(2)4-6-15/h8H,1,3-6H2,2H3. The van der Waals surface area contributed by atoms with Crippen LogP contribution in [0.5, 0.6) is 0 Å². The number of hydrogen-bond acceptors (Lipinski definition) is 2. The molecule has 0 aliphatic carbocycles. The zero-order valence-corrected chi connectivity index (χ0v) is 8.52. The van der Waals surface area contributed by atoms with Gasteiger partial charge in [0.1, 0.15) is 0 Å². The lowest BCUT2D eigenvalue weighted by Gasteiger charge is -2.35. The zero-order valence-electron chi connectivity index (χ0n) is 8.52. The molecule has 1 atom stereocenters. The van der Waals surface area contributed by atoms with Gasteiger partial charge < -0.3 is 4.90 Å². The average Bonchev–Trinajstić information content (AvgIpc) is 2.15. The monoisotopic (exact) mass is 226 g/mol. The molecule has 15 heavy (non-hydrogen) atoms. The molecule has 0 bridgehead atoms. The normalized spacial score (nSPS) is 22.7. The van der Waals surface area contributed by atoms with Gasteiger partial charge >= 0.3 is 6.18 Å². The minimum atomic E-state index is -4.65. The van der Waals surface area contributed by atoms with Crippen molar-refractivity contribution in [1.82, 2.24) is 9.80 Å². The topological polar surface area (TPSA) is 6.48 Å². The van der Waals surface area contributed by atoms with E-state index in [9.17, 15) is 17.6 Å². The summed E-state index contributed by atoms with van der Waals surface area (Å²) in [6, 6.07) is 0. The van der Waals surface area contributed by atoms with E-state index >= 15 is 0 Å². The summed E-state index contributed by atoms with van der Waals surface area (Å²) in [5, 5.41) is 0. The Morgan fingerprint density at radius 3 is 2.07 bits per heavy atom. The van der Waals surface area contributed by atoms with Crippen molar-refractivity contribution in [3.05, 3.63) is 12.2 Å². The molecule has 0 amide bonds. The lowest BCUT2D eigenvalue weighted by Crippen LogP contribution is -2.49. The van der Waals surface area contributed by atoms with Crippen molar-refractivity contribution in [2.75, 3.05) is 33.2 Å². The summed E-state index contributed by atoms with van der Waals surface area (Å²) >= 11 is 0. The van der Waals surface area contributed by atoms with E-state index in [1.54, 1.807) is 0 Å². The number of hydrogen-bond donors (Lipinski definition) is 0. The largest absolute Gasteiger partial charge is 0.416 e. The second-order valence-corrected chi connectivity index (χ2v) is 3.70. The van der Waals surface area contributed by atoms with E-state index in [1.807, 2.05) is 11.9 Å². The van der Waals surface area contributed by atoms with Gasteiger partial charge in [0.2, 0.25) is 0 Å². The first kappa shape index (κ1) is 12.4. The summed E-state index contributed by atoms with van der Waals surface area (Å²) < 4.78 is 49.9. The molecule has 88 valence electrons. The van der Waals surface area contributed by atoms with Gasteiger partial charge in [0.25, 0.3) is 0 Å². The maximum atomic E-state index is 13.4. The van der Waals surface area contributed by atoms with Gasteiger partial charge in [-0.2, -0.15) is 13.2 Å². The smallest absolute Gasteiger partial charge is 0.304 e. The summed E-state index contributed by atoms with van der Waals surface area (Å²) in [7, 11) is 1.85. The maximum absolute atomic E-state index is 13.4. The fourth-order valence-electron chi connectivity index (χ4n) is 1.40. The average molecular weight is 226 g/mol. The van der Waals surface area contributed by atoms with Crippen LogP contribution in [-0.4, -0.2) is 55.5 Å². The highest BCUT2D eigenvalue weighted by molar-refractivity contribution is 5.08. The summed E-state index contributed by atoms with van der Waals surface area (Å²) in [6.45, 7) is 4.51. The Bertz CT molecular complexity index is 231. The van der Waals surface area contributed by atoms with Gasteiger partial charge in [-0.15, -0.1) is 0 Å². The van der Waals surface area contributed by atoms with E-state index in [0.717, 1.165) is 4.90 Å². The molecule has 0 aromatic rings. The molecule has 1 unspecified atom stereocenters. The van der Waals surface area contributed by atoms with Crippen molar-refractivity contribution in [2.45, 2.75) is 12.5 Å². The molecule has 2 nitrogen and oxygen atoms in total. The minimum Gasteiger partial charge on any atom is -0.304 e. The molecular weight excluding hydrogens is 212 g/mol. The summed E-state index contributed by atoms with van der Waals surface area (Å²) in [5.74, 6) is 0. The highest BCUT2D eigenvalue weighted by atomic mass is 19.4. The fraction of sp³-hybridized carbons (Fsp3) is 0.778. The predicted octanol–water partition coefficient (Wildman–Crippen LogP) is 1.65. The van der Waals surface area contributed by atoms with E-state index in [0.29, 0.717) is 26.2 Å². The van der Waals surface area contributed by atoms with Crippen molar-refractivity contribution >= 4 is 0 Å². The lowest BCUT2D eigenvalue weighted by atomic mass is 10.2. The Morgan fingerprint density at radius 1 is 1.20 bits per heavy atom. The van der Waals surface area contributed by atoms with Crippen molar-refractivity contribution in [2.24, 2.45) is 0 Å². The molecular formula is C9H14F4N2. The Kier molecular flexibility index (Phi) is 3.72. The summed E-state index contributed by atoms with van der Waals surface area (Å²) in [5.41, 5.74) is -1.31. The van der Waals surface area contributed by atoms with Crippen LogP contribution in [0.25, 0.3) is 0 Å². The highest BCUT2D eigenvalue weighted by Crippen LogP contribution is 2.29. The molecule has 0 saturated carbocycles. The number of piperazine rings is 1. The Labute approximate surface area is 86.1 Å². The van der Waals surface area contributed by atoms with E-state index in [-0.39, 0.29) is 0 Å². The van der Waals surface area contributed by atoms with Gasteiger partial charge in [0, 0.05) is 26.2 Å². The third-order valence-electron chi connectivity index (χ3n) is 2.51. The van der Waals surface area contributed by atoms with Crippen LogP contribution in [0.3, 0.4) is 0 Å². The van der Waals surface area contributed by atoms with Crippen molar-refractivity contribution < 1.29 is 17.6 Å². The minimum absolute atomic E-state index is 0.298. The molecule has 1 rings (SSSR count). The molecule has 0 radical (unpaired) electrons. The number of alkyl halides is 4. The fourth-order valence-corrected chi connectivity index (χ4v) is 1.40. The first-order valence-corrected chi connectivity index (χ1v) is 4.65. The lowest BCUT2D eigenvalue weighted by molar-refractivity contribution is -0.112. The van der Waals surface area contributed by atoms with E-state index in [2.05, 4.69) is 6.58 Å². The van der Waals surface area contributed by atoms with Gasteiger partial charge in [0.05, 0.1) is 5.57 Å². The van der Waals surface area contributed by atoms with Crippen LogP contribution in [0, 0.1) is 0 Å². The Morgan fingerprint density at radius 2 is 1.67 bits per heavy atom. The molecule has 1 heterocycles. The Balaban J connectivity index is 2.54. The number of likely N-dealkylation sites (N-methyl/N-ethyl adjacent to an activating group) is 1. The van der Waals surface area contributed by atoms with Crippen LogP contribution >= 0.6 is 0 Å². The van der Waals surface area contributed by atoms with Crippen molar-refractivity contribution in [3.63, 3.8) is 0 Å². The molecule has 0 aromatic heterocycles. The molecule has 1 saturated heterocycles. The highest BCUT2D eigenvalue weighted by Gasteiger charge is 2.40. The van der Waals surface area contributed by atoms with Crippen LogP contribution < -0.4 is 0 Å². The number of nitrogens with zero attached hydrogens (tertiary/aromatic N) is 2. The van der Waals surface area contributed by atoms with Crippen LogP contribution in [0.1, 0.15) is 0 Å². The van der Waals surface area contributed by atoms with Crippen molar-refractivity contribution in [3.8, 4) is 0 Å². The third-order valence-corrected chi connectivity index (χ3v) is 2.51. The molecule has 1 aliphatic rings. The summed E-state index contributed by atoms with van der Waals surface area (Å²) in [4.78, 5) is 3.11. The molecule has 1 fully saturated rings. The molecule has 6 heteroatoms. The summed E-state index contributed by atoms with van der Waals surface area (Å²) in [6.07, 6.45) is -6.76. The van der Waals surface area contributed by atoms with Crippen LogP contribution in [0.2, 0.25) is 0 Å². The predicted molar refractivity (Wildman–Crippen MR) is 49.2 cm³/mol. The van der Waals surface area contributed by atoms with Gasteiger partial charge in [-0.05, 0) is 7.05 Å². The van der Waals surface area contributed by atoms with Gasteiger partial charge in [0.15, 0.2) is 6.30 Å².